The highest BCUT2D eigenvalue weighted by Crippen LogP contribution is 2.32. The SMILES string of the molecule is CCCCC[C@@H](O)[C@]1(C)CO1. The highest BCUT2D eigenvalue weighted by Gasteiger charge is 2.45. The van der Waals surface area contributed by atoms with Crippen LogP contribution < -0.4 is 0 Å². The van der Waals surface area contributed by atoms with E-state index in [0.717, 1.165) is 19.4 Å². The van der Waals surface area contributed by atoms with Crippen molar-refractivity contribution in [2.45, 2.75) is 51.2 Å². The van der Waals surface area contributed by atoms with Crippen molar-refractivity contribution >= 4 is 0 Å². The molecule has 2 atom stereocenters. The molecule has 0 spiro atoms. The van der Waals surface area contributed by atoms with Crippen molar-refractivity contribution in [1.82, 2.24) is 0 Å². The molecule has 0 radical (unpaired) electrons. The van der Waals surface area contributed by atoms with Crippen molar-refractivity contribution < 1.29 is 9.84 Å². The second-order valence-corrected chi connectivity index (χ2v) is 3.61. The van der Waals surface area contributed by atoms with E-state index in [2.05, 4.69) is 6.92 Å². The molecule has 0 aromatic carbocycles. The van der Waals surface area contributed by atoms with Gasteiger partial charge in [0.25, 0.3) is 0 Å². The topological polar surface area (TPSA) is 32.8 Å². The minimum absolute atomic E-state index is 0.187. The lowest BCUT2D eigenvalue weighted by molar-refractivity contribution is 0.0752. The van der Waals surface area contributed by atoms with Gasteiger partial charge in [-0.3, -0.25) is 0 Å². The zero-order chi connectivity index (χ0) is 8.32. The second-order valence-electron chi connectivity index (χ2n) is 3.61. The van der Waals surface area contributed by atoms with E-state index in [1.807, 2.05) is 6.92 Å². The predicted molar refractivity (Wildman–Crippen MR) is 44.5 cm³/mol. The van der Waals surface area contributed by atoms with Crippen LogP contribution >= 0.6 is 0 Å². The Bertz CT molecular complexity index is 119. The van der Waals surface area contributed by atoms with Gasteiger partial charge in [-0.1, -0.05) is 26.2 Å². The van der Waals surface area contributed by atoms with E-state index in [1.165, 1.54) is 12.8 Å². The molecule has 11 heavy (non-hydrogen) atoms. The van der Waals surface area contributed by atoms with Gasteiger partial charge in [0.2, 0.25) is 0 Å². The highest BCUT2D eigenvalue weighted by atomic mass is 16.6. The molecule has 0 bridgehead atoms. The van der Waals surface area contributed by atoms with Crippen LogP contribution in [0.5, 0.6) is 0 Å². The lowest BCUT2D eigenvalue weighted by Crippen LogP contribution is -2.26. The summed E-state index contributed by atoms with van der Waals surface area (Å²) in [5, 5.41) is 9.55. The molecule has 0 amide bonds. The summed E-state index contributed by atoms with van der Waals surface area (Å²) in [6.07, 6.45) is 4.20. The fourth-order valence-corrected chi connectivity index (χ4v) is 1.20. The predicted octanol–water partition coefficient (Wildman–Crippen LogP) is 1.72. The first-order chi connectivity index (χ1) is 5.19. The summed E-state index contributed by atoms with van der Waals surface area (Å²) in [6.45, 7) is 4.88. The summed E-state index contributed by atoms with van der Waals surface area (Å²) in [5.41, 5.74) is -0.187. The Labute approximate surface area is 68.6 Å². The molecule has 1 N–H and O–H groups in total. The van der Waals surface area contributed by atoms with E-state index in [0.29, 0.717) is 0 Å². The van der Waals surface area contributed by atoms with E-state index in [9.17, 15) is 5.11 Å². The van der Waals surface area contributed by atoms with Gasteiger partial charge < -0.3 is 9.84 Å². The summed E-state index contributed by atoms with van der Waals surface area (Å²) in [7, 11) is 0. The normalized spacial score (nSPS) is 31.9. The molecule has 0 aliphatic carbocycles. The Hall–Kier alpha value is -0.0800. The van der Waals surface area contributed by atoms with Gasteiger partial charge in [0, 0.05) is 0 Å². The standard InChI is InChI=1S/C9H18O2/c1-3-4-5-6-8(10)9(2)7-11-9/h8,10H,3-7H2,1-2H3/t8-,9+/m1/s1. The summed E-state index contributed by atoms with van der Waals surface area (Å²) in [5.74, 6) is 0. The monoisotopic (exact) mass is 158 g/mol. The third kappa shape index (κ3) is 2.46. The van der Waals surface area contributed by atoms with Crippen LogP contribution in [0.2, 0.25) is 0 Å². The molecule has 1 aliphatic heterocycles. The summed E-state index contributed by atoms with van der Waals surface area (Å²) in [4.78, 5) is 0. The average molecular weight is 158 g/mol. The number of ether oxygens (including phenoxy) is 1. The quantitative estimate of drug-likeness (QED) is 0.488. The Morgan fingerprint density at radius 3 is 2.64 bits per heavy atom. The van der Waals surface area contributed by atoms with Crippen LogP contribution in [0.1, 0.15) is 39.5 Å². The molecule has 1 heterocycles. The first-order valence-corrected chi connectivity index (χ1v) is 4.51. The molecular formula is C9H18O2. The molecule has 0 aromatic rings. The van der Waals surface area contributed by atoms with Crippen LogP contribution in [-0.2, 0) is 4.74 Å². The number of unbranched alkanes of at least 4 members (excludes halogenated alkanes) is 2. The zero-order valence-electron chi connectivity index (χ0n) is 7.47. The van der Waals surface area contributed by atoms with Crippen LogP contribution in [0.25, 0.3) is 0 Å². The summed E-state index contributed by atoms with van der Waals surface area (Å²) in [6, 6.07) is 0. The highest BCUT2D eigenvalue weighted by molar-refractivity contribution is 4.93. The summed E-state index contributed by atoms with van der Waals surface area (Å²) < 4.78 is 5.14. The van der Waals surface area contributed by atoms with Gasteiger partial charge in [-0.15, -0.1) is 0 Å². The lowest BCUT2D eigenvalue weighted by atomic mass is 10.0. The third-order valence-electron chi connectivity index (χ3n) is 2.39. The minimum atomic E-state index is -0.242. The van der Waals surface area contributed by atoms with Gasteiger partial charge in [-0.2, -0.15) is 0 Å². The van der Waals surface area contributed by atoms with Crippen LogP contribution in [-0.4, -0.2) is 23.4 Å². The largest absolute Gasteiger partial charge is 0.390 e. The fourth-order valence-electron chi connectivity index (χ4n) is 1.20. The molecule has 66 valence electrons. The number of rotatable bonds is 5. The van der Waals surface area contributed by atoms with E-state index in [4.69, 9.17) is 4.74 Å². The van der Waals surface area contributed by atoms with E-state index < -0.39 is 0 Å². The lowest BCUT2D eigenvalue weighted by Gasteiger charge is -2.13. The van der Waals surface area contributed by atoms with Gasteiger partial charge >= 0.3 is 0 Å². The van der Waals surface area contributed by atoms with E-state index >= 15 is 0 Å². The Morgan fingerprint density at radius 1 is 1.55 bits per heavy atom. The number of epoxide rings is 1. The maximum atomic E-state index is 9.55. The maximum absolute atomic E-state index is 9.55. The molecule has 2 nitrogen and oxygen atoms in total. The van der Waals surface area contributed by atoms with Crippen LogP contribution in [0, 0.1) is 0 Å². The number of hydrogen-bond acceptors (Lipinski definition) is 2. The summed E-state index contributed by atoms with van der Waals surface area (Å²) >= 11 is 0. The zero-order valence-corrected chi connectivity index (χ0v) is 7.47. The molecular weight excluding hydrogens is 140 g/mol. The molecule has 0 saturated carbocycles. The van der Waals surface area contributed by atoms with Crippen molar-refractivity contribution in [2.24, 2.45) is 0 Å². The molecule has 2 heteroatoms. The maximum Gasteiger partial charge on any atom is 0.115 e. The fraction of sp³-hybridized carbons (Fsp3) is 1.00. The van der Waals surface area contributed by atoms with E-state index in [-0.39, 0.29) is 11.7 Å². The van der Waals surface area contributed by atoms with E-state index in [1.54, 1.807) is 0 Å². The number of aliphatic hydroxyl groups is 1. The third-order valence-corrected chi connectivity index (χ3v) is 2.39. The van der Waals surface area contributed by atoms with Crippen LogP contribution in [0.4, 0.5) is 0 Å². The van der Waals surface area contributed by atoms with Crippen molar-refractivity contribution in [1.29, 1.82) is 0 Å². The Balaban J connectivity index is 2.06. The van der Waals surface area contributed by atoms with Crippen molar-refractivity contribution in [2.75, 3.05) is 6.61 Å². The number of hydrogen-bond donors (Lipinski definition) is 1. The minimum Gasteiger partial charge on any atom is -0.390 e. The van der Waals surface area contributed by atoms with Gasteiger partial charge in [-0.05, 0) is 13.3 Å². The van der Waals surface area contributed by atoms with Gasteiger partial charge in [0.1, 0.15) is 5.60 Å². The molecule has 1 rings (SSSR count). The van der Waals surface area contributed by atoms with Crippen molar-refractivity contribution in [3.05, 3.63) is 0 Å². The second kappa shape index (κ2) is 3.55. The average Bonchev–Trinajstić information content (AvgIpc) is 2.70. The Kier molecular flexibility index (Phi) is 2.90. The van der Waals surface area contributed by atoms with Gasteiger partial charge in [0.05, 0.1) is 12.7 Å². The molecule has 1 fully saturated rings. The first kappa shape index (κ1) is 9.01. The van der Waals surface area contributed by atoms with Crippen molar-refractivity contribution in [3.8, 4) is 0 Å². The van der Waals surface area contributed by atoms with Crippen LogP contribution in [0.3, 0.4) is 0 Å². The molecule has 0 unspecified atom stereocenters. The Morgan fingerprint density at radius 2 is 2.18 bits per heavy atom. The smallest absolute Gasteiger partial charge is 0.115 e. The molecule has 1 aliphatic rings. The van der Waals surface area contributed by atoms with Gasteiger partial charge in [-0.25, -0.2) is 0 Å². The number of aliphatic hydroxyl groups excluding tert-OH is 1. The van der Waals surface area contributed by atoms with Gasteiger partial charge in [0.15, 0.2) is 0 Å². The van der Waals surface area contributed by atoms with Crippen LogP contribution in [0.15, 0.2) is 0 Å². The molecule has 1 saturated heterocycles. The molecule has 0 aromatic heterocycles. The first-order valence-electron chi connectivity index (χ1n) is 4.51. The van der Waals surface area contributed by atoms with Crippen molar-refractivity contribution in [3.63, 3.8) is 0 Å².